The molecule has 1 aromatic rings. The number of pyridine rings is 1. The van der Waals surface area contributed by atoms with E-state index in [1.54, 1.807) is 0 Å². The van der Waals surface area contributed by atoms with E-state index in [1.165, 1.54) is 12.8 Å². The number of ether oxygens (including phenoxy) is 1. The van der Waals surface area contributed by atoms with Crippen LogP contribution in [-0.4, -0.2) is 59.9 Å². The molecular formula is C18H29N3O2. The molecule has 0 saturated carbocycles. The molecule has 5 nitrogen and oxygen atoms in total. The van der Waals surface area contributed by atoms with Crippen LogP contribution in [0, 0.1) is 0 Å². The van der Waals surface area contributed by atoms with Crippen molar-refractivity contribution in [2.75, 3.05) is 37.6 Å². The molecule has 0 radical (unpaired) electrons. The van der Waals surface area contributed by atoms with Gasteiger partial charge in [-0.2, -0.15) is 0 Å². The summed E-state index contributed by atoms with van der Waals surface area (Å²) < 4.78 is 6.26. The number of nitrogens with zero attached hydrogens (tertiary/aromatic N) is 3. The first kappa shape index (κ1) is 16.5. The average molecular weight is 319 g/mol. The Balaban J connectivity index is 1.56. The molecule has 2 aliphatic heterocycles. The Kier molecular flexibility index (Phi) is 5.73. The third kappa shape index (κ3) is 4.36. The maximum Gasteiger partial charge on any atom is 0.171 e. The number of β-amino-alcohol motifs (C(OH)–C–C–N with tert-alkyl or cyclic N) is 1. The lowest BCUT2D eigenvalue weighted by Crippen LogP contribution is -2.32. The van der Waals surface area contributed by atoms with Gasteiger partial charge in [0.25, 0.3) is 0 Å². The van der Waals surface area contributed by atoms with Gasteiger partial charge in [0.2, 0.25) is 0 Å². The van der Waals surface area contributed by atoms with E-state index in [9.17, 15) is 5.11 Å². The summed E-state index contributed by atoms with van der Waals surface area (Å²) in [4.78, 5) is 9.18. The highest BCUT2D eigenvalue weighted by Crippen LogP contribution is 2.30. The normalized spacial score (nSPS) is 23.4. The van der Waals surface area contributed by atoms with Gasteiger partial charge in [0.15, 0.2) is 11.6 Å². The second kappa shape index (κ2) is 7.97. The zero-order valence-corrected chi connectivity index (χ0v) is 14.2. The van der Waals surface area contributed by atoms with Crippen LogP contribution in [0.5, 0.6) is 5.75 Å². The van der Waals surface area contributed by atoms with Gasteiger partial charge in [-0.25, -0.2) is 4.98 Å². The van der Waals surface area contributed by atoms with E-state index >= 15 is 0 Å². The summed E-state index contributed by atoms with van der Waals surface area (Å²) in [6.45, 7) is 6.93. The highest BCUT2D eigenvalue weighted by Gasteiger charge is 2.27. The Labute approximate surface area is 139 Å². The number of aromatic nitrogens is 1. The van der Waals surface area contributed by atoms with Crippen molar-refractivity contribution in [2.24, 2.45) is 0 Å². The van der Waals surface area contributed by atoms with Gasteiger partial charge >= 0.3 is 0 Å². The van der Waals surface area contributed by atoms with Crippen molar-refractivity contribution >= 4 is 5.82 Å². The third-order valence-electron chi connectivity index (χ3n) is 4.77. The molecule has 0 aromatic carbocycles. The first-order valence-corrected chi connectivity index (χ1v) is 9.03. The van der Waals surface area contributed by atoms with Crippen LogP contribution in [0.1, 0.15) is 39.0 Å². The summed E-state index contributed by atoms with van der Waals surface area (Å²) in [7, 11) is 0. The van der Waals surface area contributed by atoms with Crippen LogP contribution in [0.25, 0.3) is 0 Å². The highest BCUT2D eigenvalue weighted by atomic mass is 16.5. The summed E-state index contributed by atoms with van der Waals surface area (Å²) in [6, 6.07) is 3.99. The Bertz CT molecular complexity index is 491. The monoisotopic (exact) mass is 319 g/mol. The van der Waals surface area contributed by atoms with Gasteiger partial charge in [-0.15, -0.1) is 0 Å². The number of hydrogen-bond donors (Lipinski definition) is 1. The van der Waals surface area contributed by atoms with E-state index in [0.29, 0.717) is 0 Å². The molecule has 2 atom stereocenters. The number of aliphatic hydroxyl groups is 1. The van der Waals surface area contributed by atoms with Crippen LogP contribution in [0.3, 0.4) is 0 Å². The Morgan fingerprint density at radius 1 is 1.35 bits per heavy atom. The van der Waals surface area contributed by atoms with Crippen LogP contribution < -0.4 is 9.64 Å². The summed E-state index contributed by atoms with van der Waals surface area (Å²) in [5.41, 5.74) is 0. The lowest BCUT2D eigenvalue weighted by Gasteiger charge is -2.23. The van der Waals surface area contributed by atoms with Gasteiger partial charge in [0.05, 0.1) is 6.10 Å². The smallest absolute Gasteiger partial charge is 0.171 e. The largest absolute Gasteiger partial charge is 0.485 e. The molecule has 2 saturated heterocycles. The minimum atomic E-state index is -0.211. The molecule has 0 aliphatic carbocycles. The predicted molar refractivity (Wildman–Crippen MR) is 92.1 cm³/mol. The summed E-state index contributed by atoms with van der Waals surface area (Å²) in [5, 5.41) is 9.97. The van der Waals surface area contributed by atoms with Gasteiger partial charge < -0.3 is 14.7 Å². The Morgan fingerprint density at radius 2 is 2.17 bits per heavy atom. The molecule has 2 fully saturated rings. The SMILES string of the molecule is CCCC(O)CN1CCC(Oc2cccnc2N2CCCC2)C1. The van der Waals surface area contributed by atoms with Gasteiger partial charge in [0.1, 0.15) is 6.10 Å². The molecule has 5 heteroatoms. The van der Waals surface area contributed by atoms with Crippen molar-refractivity contribution in [3.63, 3.8) is 0 Å². The number of anilines is 1. The zero-order chi connectivity index (χ0) is 16.1. The fourth-order valence-electron chi connectivity index (χ4n) is 3.60. The van der Waals surface area contributed by atoms with E-state index in [4.69, 9.17) is 4.74 Å². The maximum atomic E-state index is 9.97. The molecule has 0 bridgehead atoms. The van der Waals surface area contributed by atoms with Crippen molar-refractivity contribution < 1.29 is 9.84 Å². The van der Waals surface area contributed by atoms with Crippen molar-refractivity contribution in [1.82, 2.24) is 9.88 Å². The van der Waals surface area contributed by atoms with Crippen LogP contribution in [0.2, 0.25) is 0 Å². The third-order valence-corrected chi connectivity index (χ3v) is 4.77. The van der Waals surface area contributed by atoms with Crippen molar-refractivity contribution in [3.05, 3.63) is 18.3 Å². The lowest BCUT2D eigenvalue weighted by molar-refractivity contribution is 0.109. The molecule has 2 unspecified atom stereocenters. The van der Waals surface area contributed by atoms with E-state index in [0.717, 1.165) is 63.6 Å². The van der Waals surface area contributed by atoms with Crippen LogP contribution in [0.4, 0.5) is 5.82 Å². The second-order valence-corrected chi connectivity index (χ2v) is 6.75. The summed E-state index contributed by atoms with van der Waals surface area (Å²) in [5.74, 6) is 1.91. The number of hydrogen-bond acceptors (Lipinski definition) is 5. The molecule has 0 amide bonds. The number of rotatable bonds is 7. The van der Waals surface area contributed by atoms with E-state index in [1.807, 2.05) is 18.3 Å². The fraction of sp³-hybridized carbons (Fsp3) is 0.722. The summed E-state index contributed by atoms with van der Waals surface area (Å²) >= 11 is 0. The maximum absolute atomic E-state index is 9.97. The molecule has 0 spiro atoms. The minimum Gasteiger partial charge on any atom is -0.485 e. The molecule has 3 heterocycles. The van der Waals surface area contributed by atoms with Crippen LogP contribution in [0.15, 0.2) is 18.3 Å². The van der Waals surface area contributed by atoms with Crippen LogP contribution in [-0.2, 0) is 0 Å². The molecule has 1 aromatic heterocycles. The Morgan fingerprint density at radius 3 is 2.96 bits per heavy atom. The summed E-state index contributed by atoms with van der Waals surface area (Å²) in [6.07, 6.45) is 7.25. The van der Waals surface area contributed by atoms with Crippen molar-refractivity contribution in [3.8, 4) is 5.75 Å². The van der Waals surface area contributed by atoms with Crippen LogP contribution >= 0.6 is 0 Å². The van der Waals surface area contributed by atoms with E-state index in [-0.39, 0.29) is 12.2 Å². The van der Waals surface area contributed by atoms with Gasteiger partial charge in [-0.1, -0.05) is 13.3 Å². The number of aliphatic hydroxyl groups excluding tert-OH is 1. The predicted octanol–water partition coefficient (Wildman–Crippen LogP) is 2.30. The van der Waals surface area contributed by atoms with E-state index < -0.39 is 0 Å². The van der Waals surface area contributed by atoms with Gasteiger partial charge in [-0.05, 0) is 37.8 Å². The minimum absolute atomic E-state index is 0.203. The standard InChI is InChI=1S/C18H29N3O2/c1-2-6-15(22)13-20-12-8-16(14-20)23-17-7-5-9-19-18(17)21-10-3-4-11-21/h5,7,9,15-16,22H,2-4,6,8,10-14H2,1H3. The first-order chi connectivity index (χ1) is 11.3. The molecular weight excluding hydrogens is 290 g/mol. The second-order valence-electron chi connectivity index (χ2n) is 6.75. The molecule has 23 heavy (non-hydrogen) atoms. The van der Waals surface area contributed by atoms with Crippen molar-refractivity contribution in [2.45, 2.75) is 51.2 Å². The first-order valence-electron chi connectivity index (χ1n) is 9.03. The molecule has 128 valence electrons. The molecule has 2 aliphatic rings. The fourth-order valence-corrected chi connectivity index (χ4v) is 3.60. The topological polar surface area (TPSA) is 48.8 Å². The van der Waals surface area contributed by atoms with E-state index in [2.05, 4.69) is 21.7 Å². The zero-order valence-electron chi connectivity index (χ0n) is 14.2. The van der Waals surface area contributed by atoms with Gasteiger partial charge in [-0.3, -0.25) is 4.90 Å². The molecule has 3 rings (SSSR count). The van der Waals surface area contributed by atoms with Gasteiger partial charge in [0, 0.05) is 38.9 Å². The lowest BCUT2D eigenvalue weighted by atomic mass is 10.2. The Hall–Kier alpha value is -1.33. The number of likely N-dealkylation sites (tertiary alicyclic amines) is 1. The van der Waals surface area contributed by atoms with Crippen molar-refractivity contribution in [1.29, 1.82) is 0 Å². The highest BCUT2D eigenvalue weighted by molar-refractivity contribution is 5.52. The quantitative estimate of drug-likeness (QED) is 0.836. The average Bonchev–Trinajstić information content (AvgIpc) is 3.20. The molecule has 1 N–H and O–H groups in total.